The SMILES string of the molecule is CCC(NC(=S)Nc1ccccc1)N(C)C. The van der Waals surface area contributed by atoms with Crippen LogP contribution in [-0.2, 0) is 0 Å². The van der Waals surface area contributed by atoms with Crippen LogP contribution in [-0.4, -0.2) is 30.3 Å². The van der Waals surface area contributed by atoms with Crippen LogP contribution in [0.25, 0.3) is 0 Å². The summed E-state index contributed by atoms with van der Waals surface area (Å²) < 4.78 is 0. The second-order valence-electron chi connectivity index (χ2n) is 3.85. The molecule has 0 aliphatic carbocycles. The van der Waals surface area contributed by atoms with Crippen molar-refractivity contribution < 1.29 is 0 Å². The summed E-state index contributed by atoms with van der Waals surface area (Å²) in [7, 11) is 4.07. The van der Waals surface area contributed by atoms with Crippen molar-refractivity contribution in [3.05, 3.63) is 30.3 Å². The fourth-order valence-corrected chi connectivity index (χ4v) is 1.69. The van der Waals surface area contributed by atoms with Crippen molar-refractivity contribution in [1.29, 1.82) is 0 Å². The van der Waals surface area contributed by atoms with Gasteiger partial charge in [-0.25, -0.2) is 0 Å². The van der Waals surface area contributed by atoms with Gasteiger partial charge in [0, 0.05) is 5.69 Å². The molecule has 1 rings (SSSR count). The first-order valence-electron chi connectivity index (χ1n) is 5.42. The van der Waals surface area contributed by atoms with Crippen LogP contribution in [0.5, 0.6) is 0 Å². The van der Waals surface area contributed by atoms with Gasteiger partial charge >= 0.3 is 0 Å². The molecule has 2 N–H and O–H groups in total. The summed E-state index contributed by atoms with van der Waals surface area (Å²) in [6.45, 7) is 2.13. The topological polar surface area (TPSA) is 27.3 Å². The smallest absolute Gasteiger partial charge is 0.172 e. The molecule has 3 nitrogen and oxygen atoms in total. The van der Waals surface area contributed by atoms with E-state index in [-0.39, 0.29) is 6.17 Å². The van der Waals surface area contributed by atoms with Crippen LogP contribution in [0.1, 0.15) is 13.3 Å². The summed E-state index contributed by atoms with van der Waals surface area (Å²) in [4.78, 5) is 2.11. The molecule has 1 aromatic rings. The van der Waals surface area contributed by atoms with Gasteiger partial charge in [0.1, 0.15) is 0 Å². The summed E-state index contributed by atoms with van der Waals surface area (Å²) in [5.41, 5.74) is 1.01. The molecule has 0 aliphatic heterocycles. The molecule has 88 valence electrons. The van der Waals surface area contributed by atoms with E-state index in [1.807, 2.05) is 44.4 Å². The molecule has 4 heteroatoms. The second-order valence-corrected chi connectivity index (χ2v) is 4.26. The summed E-state index contributed by atoms with van der Waals surface area (Å²) in [5, 5.41) is 7.08. The number of benzene rings is 1. The lowest BCUT2D eigenvalue weighted by Gasteiger charge is -2.25. The minimum absolute atomic E-state index is 0.267. The Morgan fingerprint density at radius 1 is 1.31 bits per heavy atom. The van der Waals surface area contributed by atoms with Crippen LogP contribution in [0.2, 0.25) is 0 Å². The van der Waals surface area contributed by atoms with Gasteiger partial charge in [0.15, 0.2) is 5.11 Å². The van der Waals surface area contributed by atoms with E-state index >= 15 is 0 Å². The van der Waals surface area contributed by atoms with Gasteiger partial charge in [-0.05, 0) is 44.9 Å². The molecule has 0 spiro atoms. The van der Waals surface area contributed by atoms with E-state index < -0.39 is 0 Å². The molecule has 0 saturated carbocycles. The van der Waals surface area contributed by atoms with Gasteiger partial charge in [0.25, 0.3) is 0 Å². The molecule has 0 heterocycles. The molecular weight excluding hydrogens is 218 g/mol. The highest BCUT2D eigenvalue weighted by molar-refractivity contribution is 7.80. The maximum absolute atomic E-state index is 5.25. The Morgan fingerprint density at radius 3 is 2.44 bits per heavy atom. The quantitative estimate of drug-likeness (QED) is 0.620. The van der Waals surface area contributed by atoms with Crippen LogP contribution in [0.15, 0.2) is 30.3 Å². The van der Waals surface area contributed by atoms with Crippen LogP contribution in [0, 0.1) is 0 Å². The van der Waals surface area contributed by atoms with Crippen molar-refractivity contribution in [1.82, 2.24) is 10.2 Å². The highest BCUT2D eigenvalue weighted by Crippen LogP contribution is 2.05. The van der Waals surface area contributed by atoms with Crippen molar-refractivity contribution in [3.8, 4) is 0 Å². The molecule has 0 aliphatic rings. The molecule has 0 fully saturated rings. The van der Waals surface area contributed by atoms with Crippen molar-refractivity contribution in [2.45, 2.75) is 19.5 Å². The second kappa shape index (κ2) is 6.45. The van der Waals surface area contributed by atoms with Gasteiger partial charge in [-0.15, -0.1) is 0 Å². The minimum atomic E-state index is 0.267. The number of para-hydroxylation sites is 1. The average molecular weight is 237 g/mol. The Labute approximate surface area is 103 Å². The Kier molecular flexibility index (Phi) is 5.22. The molecule has 1 unspecified atom stereocenters. The highest BCUT2D eigenvalue weighted by atomic mass is 32.1. The van der Waals surface area contributed by atoms with E-state index in [1.165, 1.54) is 0 Å². The first kappa shape index (κ1) is 12.9. The van der Waals surface area contributed by atoms with Crippen molar-refractivity contribution >= 4 is 23.0 Å². The monoisotopic (exact) mass is 237 g/mol. The van der Waals surface area contributed by atoms with Gasteiger partial charge in [-0.2, -0.15) is 0 Å². The number of thiocarbonyl (C=S) groups is 1. The maximum atomic E-state index is 5.25. The number of nitrogens with zero attached hydrogens (tertiary/aromatic N) is 1. The molecule has 1 atom stereocenters. The number of hydrogen-bond acceptors (Lipinski definition) is 2. The van der Waals surface area contributed by atoms with E-state index in [2.05, 4.69) is 22.5 Å². The Morgan fingerprint density at radius 2 is 1.94 bits per heavy atom. The molecule has 0 bridgehead atoms. The van der Waals surface area contributed by atoms with Gasteiger partial charge in [-0.1, -0.05) is 25.1 Å². The summed E-state index contributed by atoms with van der Waals surface area (Å²) in [6, 6.07) is 9.92. The number of rotatable bonds is 4. The lowest BCUT2D eigenvalue weighted by Crippen LogP contribution is -2.45. The van der Waals surface area contributed by atoms with Crippen LogP contribution in [0.3, 0.4) is 0 Å². The zero-order valence-corrected chi connectivity index (χ0v) is 10.8. The molecule has 16 heavy (non-hydrogen) atoms. The Bertz CT molecular complexity index is 324. The minimum Gasteiger partial charge on any atom is -0.347 e. The van der Waals surface area contributed by atoms with E-state index in [9.17, 15) is 0 Å². The third-order valence-corrected chi connectivity index (χ3v) is 2.56. The predicted octanol–water partition coefficient (Wildman–Crippen LogP) is 2.27. The molecule has 0 amide bonds. The fourth-order valence-electron chi connectivity index (χ4n) is 1.44. The van der Waals surface area contributed by atoms with Crippen molar-refractivity contribution in [2.24, 2.45) is 0 Å². The van der Waals surface area contributed by atoms with Crippen molar-refractivity contribution in [2.75, 3.05) is 19.4 Å². The summed E-state index contributed by atoms with van der Waals surface area (Å²) in [6.07, 6.45) is 1.27. The molecular formula is C12H19N3S. The Balaban J connectivity index is 2.47. The molecule has 1 aromatic carbocycles. The van der Waals surface area contributed by atoms with Crippen LogP contribution >= 0.6 is 12.2 Å². The van der Waals surface area contributed by atoms with E-state index in [1.54, 1.807) is 0 Å². The molecule has 0 aromatic heterocycles. The van der Waals surface area contributed by atoms with Gasteiger partial charge in [0.2, 0.25) is 0 Å². The normalized spacial score (nSPS) is 12.2. The van der Waals surface area contributed by atoms with E-state index in [4.69, 9.17) is 12.2 Å². The summed E-state index contributed by atoms with van der Waals surface area (Å²) in [5.74, 6) is 0. The fraction of sp³-hybridized carbons (Fsp3) is 0.417. The zero-order valence-electron chi connectivity index (χ0n) is 10.0. The third-order valence-electron chi connectivity index (χ3n) is 2.34. The lowest BCUT2D eigenvalue weighted by atomic mass is 10.3. The van der Waals surface area contributed by atoms with Gasteiger partial charge < -0.3 is 10.6 Å². The number of anilines is 1. The van der Waals surface area contributed by atoms with Crippen LogP contribution in [0.4, 0.5) is 5.69 Å². The van der Waals surface area contributed by atoms with Gasteiger partial charge in [0.05, 0.1) is 6.17 Å². The molecule has 0 radical (unpaired) electrons. The Hall–Kier alpha value is -1.13. The zero-order chi connectivity index (χ0) is 12.0. The largest absolute Gasteiger partial charge is 0.347 e. The first-order chi connectivity index (χ1) is 7.63. The first-order valence-corrected chi connectivity index (χ1v) is 5.83. The average Bonchev–Trinajstić information content (AvgIpc) is 2.27. The van der Waals surface area contributed by atoms with Crippen molar-refractivity contribution in [3.63, 3.8) is 0 Å². The standard InChI is InChI=1S/C12H19N3S/c1-4-11(15(2)3)14-12(16)13-10-8-6-5-7-9-10/h5-9,11H,4H2,1-3H3,(H2,13,14,16). The number of hydrogen-bond donors (Lipinski definition) is 2. The van der Waals surface area contributed by atoms with E-state index in [0.29, 0.717) is 5.11 Å². The highest BCUT2D eigenvalue weighted by Gasteiger charge is 2.09. The van der Waals surface area contributed by atoms with E-state index in [0.717, 1.165) is 12.1 Å². The lowest BCUT2D eigenvalue weighted by molar-refractivity contribution is 0.269. The maximum Gasteiger partial charge on any atom is 0.172 e. The molecule has 0 saturated heterocycles. The van der Waals surface area contributed by atoms with Crippen LogP contribution < -0.4 is 10.6 Å². The summed E-state index contributed by atoms with van der Waals surface area (Å²) >= 11 is 5.25. The third kappa shape index (κ3) is 4.16. The van der Waals surface area contributed by atoms with Gasteiger partial charge in [-0.3, -0.25) is 4.90 Å². The predicted molar refractivity (Wildman–Crippen MR) is 73.6 cm³/mol. The number of nitrogens with one attached hydrogen (secondary N) is 2.